The minimum atomic E-state index is -2.58. The summed E-state index contributed by atoms with van der Waals surface area (Å²) in [5.74, 6) is -2.49. The maximum atomic E-state index is 13.1. The standard InChI is InChI=1S/C23H33F2N3O2Si/c1-31(2,3)9-8-30-15-28-14-26-19-11-18(6-7-20(19)28)22(17-4-5-17)27-21(29)10-16-12-23(24,25)13-16/h6-7,11,14,16-17,22H,4-5,8-10,12-13,15H2,1-3H3,(H,27,29). The van der Waals surface area contributed by atoms with E-state index in [1.165, 1.54) is 0 Å². The molecular weight excluding hydrogens is 416 g/mol. The summed E-state index contributed by atoms with van der Waals surface area (Å²) in [4.78, 5) is 17.0. The zero-order valence-electron chi connectivity index (χ0n) is 18.7. The average Bonchev–Trinajstić information content (AvgIpc) is 3.41. The highest BCUT2D eigenvalue weighted by atomic mass is 28.3. The molecule has 1 amide bonds. The fraction of sp³-hybridized carbons (Fsp3) is 0.652. The highest BCUT2D eigenvalue weighted by Crippen LogP contribution is 2.45. The van der Waals surface area contributed by atoms with Crippen LogP contribution in [0.1, 0.15) is 43.7 Å². The Morgan fingerprint density at radius 1 is 1.32 bits per heavy atom. The first-order chi connectivity index (χ1) is 14.6. The molecule has 8 heteroatoms. The van der Waals surface area contributed by atoms with Crippen molar-refractivity contribution in [1.29, 1.82) is 0 Å². The SMILES string of the molecule is C[Si](C)(C)CCOCn1cnc2cc(C(NC(=O)CC3CC(F)(F)C3)C3CC3)ccc21. The van der Waals surface area contributed by atoms with Crippen LogP contribution in [0.3, 0.4) is 0 Å². The van der Waals surface area contributed by atoms with Crippen molar-refractivity contribution in [2.24, 2.45) is 11.8 Å². The van der Waals surface area contributed by atoms with Crippen molar-refractivity contribution in [3.63, 3.8) is 0 Å². The van der Waals surface area contributed by atoms with Crippen LogP contribution in [0, 0.1) is 11.8 Å². The number of ether oxygens (including phenoxy) is 1. The van der Waals surface area contributed by atoms with Gasteiger partial charge in [-0.15, -0.1) is 0 Å². The van der Waals surface area contributed by atoms with Crippen LogP contribution in [0.25, 0.3) is 11.0 Å². The number of amides is 1. The molecule has 2 fully saturated rings. The van der Waals surface area contributed by atoms with E-state index in [9.17, 15) is 13.6 Å². The Hall–Kier alpha value is -1.80. The lowest BCUT2D eigenvalue weighted by atomic mass is 9.79. The lowest BCUT2D eigenvalue weighted by molar-refractivity contribution is -0.134. The molecule has 2 aliphatic rings. The molecule has 0 spiro atoms. The molecule has 2 saturated carbocycles. The molecule has 0 bridgehead atoms. The third-order valence-corrected chi connectivity index (χ3v) is 7.99. The molecule has 31 heavy (non-hydrogen) atoms. The van der Waals surface area contributed by atoms with Crippen LogP contribution in [0.2, 0.25) is 25.7 Å². The molecule has 1 atom stereocenters. The molecule has 2 aliphatic carbocycles. The van der Waals surface area contributed by atoms with E-state index < -0.39 is 14.0 Å². The molecule has 0 aliphatic heterocycles. The molecule has 2 aromatic rings. The predicted octanol–water partition coefficient (Wildman–Crippen LogP) is 5.35. The molecular formula is C23H33F2N3O2Si. The maximum absolute atomic E-state index is 13.1. The minimum Gasteiger partial charge on any atom is -0.361 e. The van der Waals surface area contributed by atoms with Gasteiger partial charge in [-0.2, -0.15) is 0 Å². The summed E-state index contributed by atoms with van der Waals surface area (Å²) in [5.41, 5.74) is 2.92. The zero-order valence-corrected chi connectivity index (χ0v) is 19.7. The van der Waals surface area contributed by atoms with Crippen molar-refractivity contribution < 1.29 is 18.3 Å². The number of nitrogens with zero attached hydrogens (tertiary/aromatic N) is 2. The van der Waals surface area contributed by atoms with Gasteiger partial charge in [0.2, 0.25) is 11.8 Å². The molecule has 170 valence electrons. The first-order valence-corrected chi connectivity index (χ1v) is 15.0. The van der Waals surface area contributed by atoms with Gasteiger partial charge in [-0.1, -0.05) is 25.7 Å². The summed E-state index contributed by atoms with van der Waals surface area (Å²) in [6.07, 6.45) is 3.79. The number of carbonyl (C=O) groups excluding carboxylic acids is 1. The van der Waals surface area contributed by atoms with Crippen LogP contribution < -0.4 is 5.32 Å². The lowest BCUT2D eigenvalue weighted by Crippen LogP contribution is -2.39. The monoisotopic (exact) mass is 449 g/mol. The van der Waals surface area contributed by atoms with Gasteiger partial charge < -0.3 is 14.6 Å². The van der Waals surface area contributed by atoms with Crippen molar-refractivity contribution in [2.45, 2.75) is 76.5 Å². The number of rotatable bonds is 10. The van der Waals surface area contributed by atoms with Gasteiger partial charge in [0.15, 0.2) is 0 Å². The second kappa shape index (κ2) is 8.62. The molecule has 0 radical (unpaired) electrons. The van der Waals surface area contributed by atoms with Gasteiger partial charge in [0.05, 0.1) is 23.4 Å². The van der Waals surface area contributed by atoms with Gasteiger partial charge in [0, 0.05) is 33.9 Å². The number of benzene rings is 1. The fourth-order valence-electron chi connectivity index (χ4n) is 4.25. The molecule has 4 rings (SSSR count). The van der Waals surface area contributed by atoms with Crippen molar-refractivity contribution >= 4 is 25.0 Å². The van der Waals surface area contributed by atoms with Crippen molar-refractivity contribution in [1.82, 2.24) is 14.9 Å². The molecule has 1 heterocycles. The summed E-state index contributed by atoms with van der Waals surface area (Å²) >= 11 is 0. The Bertz CT molecular complexity index is 929. The van der Waals surface area contributed by atoms with Crippen LogP contribution >= 0.6 is 0 Å². The Morgan fingerprint density at radius 3 is 2.71 bits per heavy atom. The van der Waals surface area contributed by atoms with Crippen LogP contribution in [-0.2, 0) is 16.3 Å². The highest BCUT2D eigenvalue weighted by Gasteiger charge is 2.46. The van der Waals surface area contributed by atoms with E-state index in [1.54, 1.807) is 6.33 Å². The summed E-state index contributed by atoms with van der Waals surface area (Å²) in [6.45, 7) is 8.24. The Balaban J connectivity index is 1.37. The normalized spacial score (nSPS) is 19.9. The van der Waals surface area contributed by atoms with Gasteiger partial charge in [0.25, 0.3) is 0 Å². The summed E-state index contributed by atoms with van der Waals surface area (Å²) in [6, 6.07) is 7.17. The number of alkyl halides is 2. The second-order valence-corrected chi connectivity index (χ2v) is 16.1. The van der Waals surface area contributed by atoms with Gasteiger partial charge in [-0.3, -0.25) is 4.79 Å². The average molecular weight is 450 g/mol. The summed E-state index contributed by atoms with van der Waals surface area (Å²) < 4.78 is 34.0. The van der Waals surface area contributed by atoms with Gasteiger partial charge in [-0.25, -0.2) is 13.8 Å². The summed E-state index contributed by atoms with van der Waals surface area (Å²) in [5, 5.41) is 3.11. The third-order valence-electron chi connectivity index (χ3n) is 6.29. The largest absolute Gasteiger partial charge is 0.361 e. The van der Waals surface area contributed by atoms with Gasteiger partial charge in [0.1, 0.15) is 6.73 Å². The van der Waals surface area contributed by atoms with Gasteiger partial charge >= 0.3 is 0 Å². The van der Waals surface area contributed by atoms with E-state index in [0.717, 1.165) is 42.1 Å². The van der Waals surface area contributed by atoms with Crippen LogP contribution in [-0.4, -0.2) is 36.1 Å². The predicted molar refractivity (Wildman–Crippen MR) is 120 cm³/mol. The van der Waals surface area contributed by atoms with Crippen molar-refractivity contribution in [3.05, 3.63) is 30.1 Å². The Kier molecular flexibility index (Phi) is 6.22. The maximum Gasteiger partial charge on any atom is 0.248 e. The zero-order chi connectivity index (χ0) is 22.2. The molecule has 1 unspecified atom stereocenters. The fourth-order valence-corrected chi connectivity index (χ4v) is 5.00. The number of hydrogen-bond donors (Lipinski definition) is 1. The van der Waals surface area contributed by atoms with E-state index in [1.807, 2.05) is 22.8 Å². The molecule has 1 N–H and O–H groups in total. The lowest BCUT2D eigenvalue weighted by Gasteiger charge is -2.34. The molecule has 0 saturated heterocycles. The third kappa shape index (κ3) is 5.92. The molecule has 5 nitrogen and oxygen atoms in total. The van der Waals surface area contributed by atoms with Crippen LogP contribution in [0.5, 0.6) is 0 Å². The number of fused-ring (bicyclic) bond motifs is 1. The summed E-state index contributed by atoms with van der Waals surface area (Å²) in [7, 11) is -1.11. The minimum absolute atomic E-state index is 0.0735. The van der Waals surface area contributed by atoms with Crippen molar-refractivity contribution in [3.8, 4) is 0 Å². The van der Waals surface area contributed by atoms with E-state index >= 15 is 0 Å². The first-order valence-electron chi connectivity index (χ1n) is 11.3. The number of imidazole rings is 1. The number of carbonyl (C=O) groups is 1. The number of halogens is 2. The Morgan fingerprint density at radius 2 is 2.06 bits per heavy atom. The molecule has 1 aromatic heterocycles. The van der Waals surface area contributed by atoms with Crippen molar-refractivity contribution in [2.75, 3.05) is 6.61 Å². The number of aromatic nitrogens is 2. The first kappa shape index (κ1) is 22.4. The van der Waals surface area contributed by atoms with E-state index in [2.05, 4.69) is 29.9 Å². The van der Waals surface area contributed by atoms with Crippen LogP contribution in [0.4, 0.5) is 8.78 Å². The smallest absolute Gasteiger partial charge is 0.248 e. The second-order valence-electron chi connectivity index (χ2n) is 10.5. The van der Waals surface area contributed by atoms with Crippen LogP contribution in [0.15, 0.2) is 24.5 Å². The Labute approximate surface area is 183 Å². The quantitative estimate of drug-likeness (QED) is 0.393. The van der Waals surface area contributed by atoms with Gasteiger partial charge in [-0.05, 0) is 48.4 Å². The van der Waals surface area contributed by atoms with E-state index in [4.69, 9.17) is 4.74 Å². The highest BCUT2D eigenvalue weighted by molar-refractivity contribution is 6.76. The van der Waals surface area contributed by atoms with E-state index in [-0.39, 0.29) is 37.1 Å². The number of nitrogens with one attached hydrogen (secondary N) is 1. The topological polar surface area (TPSA) is 56.1 Å². The number of hydrogen-bond acceptors (Lipinski definition) is 3. The molecule has 1 aromatic carbocycles. The van der Waals surface area contributed by atoms with E-state index in [0.29, 0.717) is 12.6 Å².